The van der Waals surface area contributed by atoms with Crippen LogP contribution in [0.1, 0.15) is 0 Å². The predicted octanol–water partition coefficient (Wildman–Crippen LogP) is -1.51. The summed E-state index contributed by atoms with van der Waals surface area (Å²) in [6, 6.07) is 0. The largest absolute Gasteiger partial charge is 0.375 e. The summed E-state index contributed by atoms with van der Waals surface area (Å²) in [4.78, 5) is 21.8. The number of rotatable bonds is 5. The molecule has 106 valence electrons. The van der Waals surface area contributed by atoms with Crippen LogP contribution in [0.25, 0.3) is 11.2 Å². The maximum absolute atomic E-state index is 11.5. The summed E-state index contributed by atoms with van der Waals surface area (Å²) < 4.78 is 6.86. The number of imidazole rings is 1. The van der Waals surface area contributed by atoms with Gasteiger partial charge in [0.25, 0.3) is 5.56 Å². The number of thiocarbonyl (C=S) groups is 1. The molecule has 10 nitrogen and oxygen atoms in total. The molecule has 20 heavy (non-hydrogen) atoms. The van der Waals surface area contributed by atoms with E-state index in [1.165, 1.54) is 12.5 Å². The number of H-pyrrole nitrogens is 1. The zero-order chi connectivity index (χ0) is 14.5. The summed E-state index contributed by atoms with van der Waals surface area (Å²) in [6.07, 6.45) is 2.89. The fraction of sp³-hybridized carbons (Fsp3) is 0.222. The first-order chi connectivity index (χ1) is 9.58. The van der Waals surface area contributed by atoms with Gasteiger partial charge >= 0.3 is 0 Å². The summed E-state index contributed by atoms with van der Waals surface area (Å²) in [7, 11) is 0. The molecule has 0 aliphatic heterocycles. The van der Waals surface area contributed by atoms with Crippen molar-refractivity contribution in [2.75, 3.05) is 12.3 Å². The molecule has 0 unspecified atom stereocenters. The van der Waals surface area contributed by atoms with E-state index in [0.29, 0.717) is 5.65 Å². The number of nitrogen functional groups attached to an aromatic ring is 1. The lowest BCUT2D eigenvalue weighted by Crippen LogP contribution is -2.24. The van der Waals surface area contributed by atoms with E-state index >= 15 is 0 Å². The van der Waals surface area contributed by atoms with Gasteiger partial charge in [0, 0.05) is 0 Å². The fourth-order valence-electron chi connectivity index (χ4n) is 1.42. The summed E-state index contributed by atoms with van der Waals surface area (Å²) in [6.45, 7) is 0.361. The Balaban J connectivity index is 1.99. The van der Waals surface area contributed by atoms with Crippen molar-refractivity contribution in [1.29, 1.82) is 0 Å². The molecule has 2 rings (SSSR count). The molecule has 0 radical (unpaired) electrons. The van der Waals surface area contributed by atoms with Gasteiger partial charge < -0.3 is 16.2 Å². The zero-order valence-corrected chi connectivity index (χ0v) is 11.1. The number of hydrogen-bond donors (Lipinski definition) is 4. The van der Waals surface area contributed by atoms with E-state index in [2.05, 4.69) is 37.7 Å². The summed E-state index contributed by atoms with van der Waals surface area (Å²) >= 11 is 4.56. The van der Waals surface area contributed by atoms with Crippen LogP contribution in [0.2, 0.25) is 0 Å². The summed E-state index contributed by atoms with van der Waals surface area (Å²) in [5.74, 6) is 0.0199. The second kappa shape index (κ2) is 6.08. The van der Waals surface area contributed by atoms with Crippen molar-refractivity contribution in [2.45, 2.75) is 6.73 Å². The van der Waals surface area contributed by atoms with Gasteiger partial charge in [-0.25, -0.2) is 4.98 Å². The van der Waals surface area contributed by atoms with Gasteiger partial charge in [-0.3, -0.25) is 19.8 Å². The highest BCUT2D eigenvalue weighted by atomic mass is 32.1. The fourth-order valence-corrected chi connectivity index (χ4v) is 1.47. The highest BCUT2D eigenvalue weighted by molar-refractivity contribution is 7.80. The minimum atomic E-state index is -0.395. The number of aromatic amines is 1. The van der Waals surface area contributed by atoms with Gasteiger partial charge in [-0.15, -0.1) is 0 Å². The van der Waals surface area contributed by atoms with Crippen molar-refractivity contribution in [1.82, 2.24) is 24.9 Å². The molecule has 0 spiro atoms. The maximum Gasteiger partial charge on any atom is 0.280 e. The van der Waals surface area contributed by atoms with Crippen LogP contribution in [0.3, 0.4) is 0 Å². The van der Waals surface area contributed by atoms with Crippen molar-refractivity contribution in [3.05, 3.63) is 16.7 Å². The lowest BCUT2D eigenvalue weighted by Gasteiger charge is -2.03. The third-order valence-electron chi connectivity index (χ3n) is 2.18. The number of nitrogens with zero attached hydrogens (tertiary/aromatic N) is 4. The molecule has 0 aromatic carbocycles. The third kappa shape index (κ3) is 3.27. The molecule has 2 heterocycles. The van der Waals surface area contributed by atoms with E-state index in [-0.39, 0.29) is 29.9 Å². The average Bonchev–Trinajstić information content (AvgIpc) is 2.76. The smallest absolute Gasteiger partial charge is 0.280 e. The van der Waals surface area contributed by atoms with Crippen molar-refractivity contribution in [3.63, 3.8) is 0 Å². The normalized spacial score (nSPS) is 11.2. The standard InChI is InChI=1S/C9H12N8O2S/c10-8-14-6-5(7(18)15-8)12-3-17(6)4-19-2-1-13-16-9(11)20/h1,3H,2,4H2,(H3,11,16,20)(H3,10,14,15,18). The van der Waals surface area contributed by atoms with Gasteiger partial charge in [0.2, 0.25) is 5.95 Å². The Kier molecular flexibility index (Phi) is 4.22. The van der Waals surface area contributed by atoms with E-state index in [1.54, 1.807) is 4.57 Å². The predicted molar refractivity (Wildman–Crippen MR) is 76.9 cm³/mol. The van der Waals surface area contributed by atoms with Gasteiger partial charge in [-0.2, -0.15) is 10.1 Å². The molecule has 0 aliphatic carbocycles. The van der Waals surface area contributed by atoms with Gasteiger partial charge in [0.05, 0.1) is 19.1 Å². The number of nitrogens with two attached hydrogens (primary N) is 2. The van der Waals surface area contributed by atoms with Crippen LogP contribution in [0, 0.1) is 0 Å². The second-order valence-corrected chi connectivity index (χ2v) is 4.07. The van der Waals surface area contributed by atoms with Crippen molar-refractivity contribution < 1.29 is 4.74 Å². The Labute approximate surface area is 117 Å². The number of ether oxygens (including phenoxy) is 1. The monoisotopic (exact) mass is 296 g/mol. The van der Waals surface area contributed by atoms with Gasteiger partial charge in [-0.05, 0) is 12.2 Å². The quantitative estimate of drug-likeness (QED) is 0.225. The van der Waals surface area contributed by atoms with Crippen LogP contribution in [-0.2, 0) is 11.5 Å². The summed E-state index contributed by atoms with van der Waals surface area (Å²) in [5.41, 5.74) is 13.2. The lowest BCUT2D eigenvalue weighted by molar-refractivity contribution is 0.112. The van der Waals surface area contributed by atoms with E-state index in [1.807, 2.05) is 0 Å². The Bertz CT molecular complexity index is 706. The number of hydrazone groups is 1. The number of hydrogen-bond acceptors (Lipinski definition) is 7. The number of fused-ring (bicyclic) bond motifs is 1. The van der Waals surface area contributed by atoms with Gasteiger partial charge in [0.15, 0.2) is 16.3 Å². The van der Waals surface area contributed by atoms with Gasteiger partial charge in [0.1, 0.15) is 6.73 Å². The van der Waals surface area contributed by atoms with Crippen LogP contribution in [0.4, 0.5) is 5.95 Å². The Morgan fingerprint density at radius 1 is 1.70 bits per heavy atom. The van der Waals surface area contributed by atoms with E-state index in [4.69, 9.17) is 16.2 Å². The Morgan fingerprint density at radius 2 is 2.50 bits per heavy atom. The van der Waals surface area contributed by atoms with E-state index in [0.717, 1.165) is 0 Å². The first-order valence-corrected chi connectivity index (χ1v) is 5.84. The van der Waals surface area contributed by atoms with Crippen molar-refractivity contribution in [2.24, 2.45) is 10.8 Å². The van der Waals surface area contributed by atoms with Crippen LogP contribution in [0.5, 0.6) is 0 Å². The molecule has 0 amide bonds. The summed E-state index contributed by atoms with van der Waals surface area (Å²) in [5, 5.41) is 3.77. The molecule has 0 saturated heterocycles. The number of nitrogens with one attached hydrogen (secondary N) is 2. The molecule has 0 fully saturated rings. The van der Waals surface area contributed by atoms with E-state index < -0.39 is 5.56 Å². The lowest BCUT2D eigenvalue weighted by atomic mass is 10.5. The highest BCUT2D eigenvalue weighted by Crippen LogP contribution is 2.05. The first kappa shape index (κ1) is 13.9. The highest BCUT2D eigenvalue weighted by Gasteiger charge is 2.08. The molecule has 11 heteroatoms. The first-order valence-electron chi connectivity index (χ1n) is 5.43. The minimum Gasteiger partial charge on any atom is -0.375 e. The SMILES string of the molecule is NC(=S)NN=CCOCn1cnc2c(=O)[nH]c(N)nc21. The number of aromatic nitrogens is 4. The minimum absolute atomic E-state index is 0.0199. The molecule has 6 N–H and O–H groups in total. The topological polar surface area (TPSA) is 149 Å². The molecule has 0 bridgehead atoms. The van der Waals surface area contributed by atoms with Gasteiger partial charge in [-0.1, -0.05) is 0 Å². The van der Waals surface area contributed by atoms with Crippen molar-refractivity contribution in [3.8, 4) is 0 Å². The molecule has 0 atom stereocenters. The second-order valence-electron chi connectivity index (χ2n) is 3.63. The molecule has 2 aromatic rings. The van der Waals surface area contributed by atoms with Crippen LogP contribution in [-0.4, -0.2) is 37.5 Å². The maximum atomic E-state index is 11.5. The zero-order valence-electron chi connectivity index (χ0n) is 10.2. The van der Waals surface area contributed by atoms with E-state index in [9.17, 15) is 4.79 Å². The third-order valence-corrected chi connectivity index (χ3v) is 2.27. The Morgan fingerprint density at radius 3 is 3.25 bits per heavy atom. The molecule has 2 aromatic heterocycles. The van der Waals surface area contributed by atoms with Crippen LogP contribution >= 0.6 is 12.2 Å². The van der Waals surface area contributed by atoms with Crippen molar-refractivity contribution >= 4 is 40.7 Å². The van der Waals surface area contributed by atoms with Crippen LogP contribution in [0.15, 0.2) is 16.2 Å². The van der Waals surface area contributed by atoms with Crippen LogP contribution < -0.4 is 22.5 Å². The average molecular weight is 296 g/mol. The molecular weight excluding hydrogens is 284 g/mol. The molecular formula is C9H12N8O2S. The molecule has 0 aliphatic rings. The number of anilines is 1. The molecule has 0 saturated carbocycles. The Hall–Kier alpha value is -2.53.